The number of aliphatic hydroxyl groups excluding tert-OH is 1. The molecule has 21 heavy (non-hydrogen) atoms. The molecule has 5 heteroatoms. The van der Waals surface area contributed by atoms with Crippen LogP contribution in [0.25, 0.3) is 0 Å². The van der Waals surface area contributed by atoms with Gasteiger partial charge in [0.15, 0.2) is 0 Å². The second-order valence-electron chi connectivity index (χ2n) is 5.97. The molecule has 2 atom stereocenters. The number of furan rings is 1. The van der Waals surface area contributed by atoms with Gasteiger partial charge in [0.1, 0.15) is 11.9 Å². The van der Waals surface area contributed by atoms with Crippen LogP contribution in [0.15, 0.2) is 22.8 Å². The fraction of sp³-hybridized carbons (Fsp3) is 0.688. The van der Waals surface area contributed by atoms with Crippen molar-refractivity contribution < 1.29 is 14.3 Å². The van der Waals surface area contributed by atoms with Crippen molar-refractivity contribution in [1.82, 2.24) is 10.6 Å². The van der Waals surface area contributed by atoms with Crippen LogP contribution in [0.4, 0.5) is 4.79 Å². The van der Waals surface area contributed by atoms with Crippen molar-refractivity contribution in [2.45, 2.75) is 70.1 Å². The number of urea groups is 1. The highest BCUT2D eigenvalue weighted by molar-refractivity contribution is 5.74. The standard InChI is InChI=1S/C16H26N2O3/c1-12(11-14(19)15-9-6-10-21-15)17-16(20)18-13-7-4-2-3-5-8-13/h6,9-10,12-14,19H,2-5,7-8,11H2,1H3,(H2,17,18,20). The molecule has 0 aliphatic heterocycles. The molecule has 118 valence electrons. The number of carbonyl (C=O) groups is 1. The van der Waals surface area contributed by atoms with E-state index >= 15 is 0 Å². The molecule has 1 aromatic rings. The Balaban J connectivity index is 1.71. The third-order valence-corrected chi connectivity index (χ3v) is 4.02. The summed E-state index contributed by atoms with van der Waals surface area (Å²) >= 11 is 0. The topological polar surface area (TPSA) is 74.5 Å². The largest absolute Gasteiger partial charge is 0.467 e. The van der Waals surface area contributed by atoms with Gasteiger partial charge in [-0.05, 0) is 31.9 Å². The van der Waals surface area contributed by atoms with Crippen LogP contribution in [-0.4, -0.2) is 23.2 Å². The van der Waals surface area contributed by atoms with E-state index in [9.17, 15) is 9.90 Å². The molecule has 2 unspecified atom stereocenters. The Hall–Kier alpha value is -1.49. The smallest absolute Gasteiger partial charge is 0.315 e. The fourth-order valence-corrected chi connectivity index (χ4v) is 2.87. The van der Waals surface area contributed by atoms with Gasteiger partial charge in [0.2, 0.25) is 0 Å². The Labute approximate surface area is 126 Å². The van der Waals surface area contributed by atoms with Gasteiger partial charge in [-0.3, -0.25) is 0 Å². The van der Waals surface area contributed by atoms with Crippen molar-refractivity contribution in [3.05, 3.63) is 24.2 Å². The van der Waals surface area contributed by atoms with Crippen LogP contribution in [0, 0.1) is 0 Å². The van der Waals surface area contributed by atoms with E-state index in [-0.39, 0.29) is 18.1 Å². The lowest BCUT2D eigenvalue weighted by atomic mass is 10.1. The summed E-state index contributed by atoms with van der Waals surface area (Å²) in [5.74, 6) is 0.535. The molecule has 0 bridgehead atoms. The van der Waals surface area contributed by atoms with Crippen molar-refractivity contribution in [3.8, 4) is 0 Å². The zero-order valence-corrected chi connectivity index (χ0v) is 12.7. The zero-order chi connectivity index (χ0) is 15.1. The van der Waals surface area contributed by atoms with Crippen LogP contribution in [0.3, 0.4) is 0 Å². The van der Waals surface area contributed by atoms with Crippen LogP contribution in [0.5, 0.6) is 0 Å². The molecule has 1 aromatic heterocycles. The SMILES string of the molecule is CC(CC(O)c1ccco1)NC(=O)NC1CCCCCC1. The van der Waals surface area contributed by atoms with Crippen molar-refractivity contribution in [1.29, 1.82) is 0 Å². The van der Waals surface area contributed by atoms with E-state index in [0.717, 1.165) is 12.8 Å². The maximum absolute atomic E-state index is 12.0. The molecule has 5 nitrogen and oxygen atoms in total. The van der Waals surface area contributed by atoms with Gasteiger partial charge in [-0.1, -0.05) is 25.7 Å². The molecule has 0 aromatic carbocycles. The Morgan fingerprint density at radius 3 is 2.71 bits per heavy atom. The summed E-state index contributed by atoms with van der Waals surface area (Å²) in [4.78, 5) is 12.0. The van der Waals surface area contributed by atoms with Crippen LogP contribution in [0.1, 0.15) is 63.7 Å². The first-order valence-corrected chi connectivity index (χ1v) is 7.93. The number of carbonyl (C=O) groups excluding carboxylic acids is 1. The van der Waals surface area contributed by atoms with E-state index in [0.29, 0.717) is 12.2 Å². The van der Waals surface area contributed by atoms with E-state index < -0.39 is 6.10 Å². The lowest BCUT2D eigenvalue weighted by Gasteiger charge is -2.20. The monoisotopic (exact) mass is 294 g/mol. The first-order valence-electron chi connectivity index (χ1n) is 7.93. The molecule has 3 N–H and O–H groups in total. The minimum Gasteiger partial charge on any atom is -0.467 e. The van der Waals surface area contributed by atoms with E-state index in [2.05, 4.69) is 10.6 Å². The van der Waals surface area contributed by atoms with Crippen LogP contribution < -0.4 is 10.6 Å². The summed E-state index contributed by atoms with van der Waals surface area (Å²) in [5.41, 5.74) is 0. The molecule has 0 radical (unpaired) electrons. The predicted octanol–water partition coefficient (Wildman–Crippen LogP) is 3.11. The Morgan fingerprint density at radius 1 is 1.38 bits per heavy atom. The normalized spacial score (nSPS) is 19.5. The van der Waals surface area contributed by atoms with Gasteiger partial charge in [0, 0.05) is 18.5 Å². The van der Waals surface area contributed by atoms with Gasteiger partial charge in [-0.2, -0.15) is 0 Å². The lowest BCUT2D eigenvalue weighted by Crippen LogP contribution is -2.45. The molecular formula is C16H26N2O3. The molecule has 2 rings (SSSR count). The molecule has 1 aliphatic rings. The minimum atomic E-state index is -0.687. The zero-order valence-electron chi connectivity index (χ0n) is 12.7. The maximum Gasteiger partial charge on any atom is 0.315 e. The van der Waals surface area contributed by atoms with Gasteiger partial charge in [0.05, 0.1) is 6.26 Å². The number of nitrogens with one attached hydrogen (secondary N) is 2. The van der Waals surface area contributed by atoms with Crippen molar-refractivity contribution in [2.75, 3.05) is 0 Å². The molecule has 1 fully saturated rings. The summed E-state index contributed by atoms with van der Waals surface area (Å²) in [5, 5.41) is 15.9. The average molecular weight is 294 g/mol. The lowest BCUT2D eigenvalue weighted by molar-refractivity contribution is 0.129. The van der Waals surface area contributed by atoms with Crippen LogP contribution in [0.2, 0.25) is 0 Å². The molecule has 1 aliphatic carbocycles. The number of rotatable bonds is 5. The molecule has 1 saturated carbocycles. The van der Waals surface area contributed by atoms with Gasteiger partial charge in [0.25, 0.3) is 0 Å². The van der Waals surface area contributed by atoms with Gasteiger partial charge in [-0.25, -0.2) is 4.79 Å². The number of amides is 2. The summed E-state index contributed by atoms with van der Waals surface area (Å²) in [6.45, 7) is 1.89. The van der Waals surface area contributed by atoms with E-state index in [1.165, 1.54) is 31.9 Å². The highest BCUT2D eigenvalue weighted by Crippen LogP contribution is 2.19. The Bertz CT molecular complexity index is 411. The highest BCUT2D eigenvalue weighted by atomic mass is 16.4. The van der Waals surface area contributed by atoms with E-state index in [1.807, 2.05) is 6.92 Å². The summed E-state index contributed by atoms with van der Waals surface area (Å²) in [6.07, 6.45) is 8.34. The third kappa shape index (κ3) is 5.42. The second kappa shape index (κ2) is 8.08. The van der Waals surface area contributed by atoms with Gasteiger partial charge >= 0.3 is 6.03 Å². The van der Waals surface area contributed by atoms with Gasteiger partial charge < -0.3 is 20.2 Å². The first kappa shape index (κ1) is 15.9. The van der Waals surface area contributed by atoms with E-state index in [1.54, 1.807) is 12.1 Å². The van der Waals surface area contributed by atoms with E-state index in [4.69, 9.17) is 4.42 Å². The molecule has 1 heterocycles. The highest BCUT2D eigenvalue weighted by Gasteiger charge is 2.18. The Morgan fingerprint density at radius 2 is 2.10 bits per heavy atom. The molecule has 0 spiro atoms. The fourth-order valence-electron chi connectivity index (χ4n) is 2.87. The second-order valence-corrected chi connectivity index (χ2v) is 5.97. The average Bonchev–Trinajstić information content (AvgIpc) is 2.85. The van der Waals surface area contributed by atoms with Crippen molar-refractivity contribution in [3.63, 3.8) is 0 Å². The van der Waals surface area contributed by atoms with Crippen molar-refractivity contribution >= 4 is 6.03 Å². The maximum atomic E-state index is 12.0. The summed E-state index contributed by atoms with van der Waals surface area (Å²) in [6, 6.07) is 3.52. The first-order chi connectivity index (χ1) is 10.1. The molecular weight excluding hydrogens is 268 g/mol. The number of aliphatic hydroxyl groups is 1. The predicted molar refractivity (Wildman–Crippen MR) is 80.9 cm³/mol. The van der Waals surface area contributed by atoms with Crippen LogP contribution in [-0.2, 0) is 0 Å². The third-order valence-electron chi connectivity index (χ3n) is 4.02. The number of hydrogen-bond donors (Lipinski definition) is 3. The minimum absolute atomic E-state index is 0.115. The Kier molecular flexibility index (Phi) is 6.11. The number of hydrogen-bond acceptors (Lipinski definition) is 3. The van der Waals surface area contributed by atoms with Gasteiger partial charge in [-0.15, -0.1) is 0 Å². The van der Waals surface area contributed by atoms with Crippen LogP contribution >= 0.6 is 0 Å². The van der Waals surface area contributed by atoms with Crippen molar-refractivity contribution in [2.24, 2.45) is 0 Å². The molecule has 2 amide bonds. The summed E-state index contributed by atoms with van der Waals surface area (Å²) in [7, 11) is 0. The summed E-state index contributed by atoms with van der Waals surface area (Å²) < 4.78 is 5.16. The quantitative estimate of drug-likeness (QED) is 0.730. The molecule has 0 saturated heterocycles.